The molecule has 0 unspecified atom stereocenters. The first-order chi connectivity index (χ1) is 8.66. The van der Waals surface area contributed by atoms with E-state index in [0.29, 0.717) is 39.1 Å². The van der Waals surface area contributed by atoms with Gasteiger partial charge >= 0.3 is 0 Å². The average molecular weight is 256 g/mol. The third-order valence-corrected chi connectivity index (χ3v) is 4.55. The van der Waals surface area contributed by atoms with Gasteiger partial charge in [0, 0.05) is 32.9 Å². The highest BCUT2D eigenvalue weighted by molar-refractivity contribution is 5.83. The van der Waals surface area contributed by atoms with Crippen LogP contribution in [0.2, 0.25) is 0 Å². The number of nitrogens with two attached hydrogens (primary N) is 1. The Hall–Kier alpha value is -0.650. The fourth-order valence-electron chi connectivity index (χ4n) is 2.67. The van der Waals surface area contributed by atoms with E-state index in [9.17, 15) is 4.79 Å². The molecule has 2 aliphatic rings. The van der Waals surface area contributed by atoms with E-state index >= 15 is 0 Å². The van der Waals surface area contributed by atoms with Gasteiger partial charge in [-0.25, -0.2) is 0 Å². The molecule has 0 aromatic rings. The molecule has 0 bridgehead atoms. The Morgan fingerprint density at radius 3 is 2.44 bits per heavy atom. The van der Waals surface area contributed by atoms with E-state index in [1.54, 1.807) is 0 Å². The molecule has 1 amide bonds. The summed E-state index contributed by atoms with van der Waals surface area (Å²) >= 11 is 0. The minimum absolute atomic E-state index is 0.0671. The van der Waals surface area contributed by atoms with Crippen molar-refractivity contribution in [2.75, 3.05) is 32.9 Å². The van der Waals surface area contributed by atoms with Crippen molar-refractivity contribution in [1.82, 2.24) is 5.32 Å². The number of carbonyl (C=O) groups is 1. The monoisotopic (exact) mass is 256 g/mol. The normalized spacial score (nSPS) is 24.6. The van der Waals surface area contributed by atoms with Crippen LogP contribution in [-0.2, 0) is 9.53 Å². The van der Waals surface area contributed by atoms with Crippen LogP contribution in [0.1, 0.15) is 32.1 Å². The first-order valence-corrected chi connectivity index (χ1v) is 6.83. The molecule has 0 aromatic heterocycles. The first-order valence-electron chi connectivity index (χ1n) is 6.83. The highest BCUT2D eigenvalue weighted by atomic mass is 16.5. The summed E-state index contributed by atoms with van der Waals surface area (Å²) < 4.78 is 5.30. The molecule has 0 radical (unpaired) electrons. The van der Waals surface area contributed by atoms with Gasteiger partial charge in [0.2, 0.25) is 5.91 Å². The van der Waals surface area contributed by atoms with Crippen molar-refractivity contribution in [2.24, 2.45) is 16.6 Å². The number of amides is 1. The zero-order valence-electron chi connectivity index (χ0n) is 10.9. The summed E-state index contributed by atoms with van der Waals surface area (Å²) in [6, 6.07) is 0. The Morgan fingerprint density at radius 2 is 1.94 bits per heavy atom. The number of rotatable bonds is 6. The number of nitrogens with one attached hydrogen (secondary N) is 1. The van der Waals surface area contributed by atoms with E-state index < -0.39 is 5.41 Å². The van der Waals surface area contributed by atoms with E-state index in [0.717, 1.165) is 19.3 Å². The molecule has 1 saturated heterocycles. The van der Waals surface area contributed by atoms with Crippen molar-refractivity contribution in [2.45, 2.75) is 32.1 Å². The molecule has 1 saturated carbocycles. The lowest BCUT2D eigenvalue weighted by Gasteiger charge is -2.35. The van der Waals surface area contributed by atoms with Crippen molar-refractivity contribution in [3.8, 4) is 0 Å². The number of hydrogen-bond donors (Lipinski definition) is 3. The Balaban J connectivity index is 1.86. The second-order valence-corrected chi connectivity index (χ2v) is 5.75. The van der Waals surface area contributed by atoms with Gasteiger partial charge in [-0.05, 0) is 37.5 Å². The maximum absolute atomic E-state index is 12.3. The Labute approximate surface area is 108 Å². The van der Waals surface area contributed by atoms with Crippen LogP contribution >= 0.6 is 0 Å². The highest BCUT2D eigenvalue weighted by Crippen LogP contribution is 2.48. The fourth-order valence-corrected chi connectivity index (χ4v) is 2.67. The number of carbonyl (C=O) groups excluding carboxylic acids is 1. The van der Waals surface area contributed by atoms with Gasteiger partial charge in [0.15, 0.2) is 0 Å². The third kappa shape index (κ3) is 2.84. The second-order valence-electron chi connectivity index (χ2n) is 5.75. The van der Waals surface area contributed by atoms with Crippen LogP contribution in [0.25, 0.3) is 0 Å². The van der Waals surface area contributed by atoms with E-state index in [1.165, 1.54) is 0 Å². The summed E-state index contributed by atoms with van der Waals surface area (Å²) in [6.45, 7) is 2.49. The molecule has 0 atom stereocenters. The molecule has 1 heterocycles. The van der Waals surface area contributed by atoms with Crippen LogP contribution in [0, 0.1) is 10.8 Å². The Bertz CT molecular complexity index is 297. The molecule has 1 aliphatic heterocycles. The van der Waals surface area contributed by atoms with Crippen LogP contribution in [0.15, 0.2) is 0 Å². The molecule has 104 valence electrons. The number of aliphatic hydroxyl groups is 1. The van der Waals surface area contributed by atoms with Gasteiger partial charge in [-0.2, -0.15) is 0 Å². The summed E-state index contributed by atoms with van der Waals surface area (Å²) in [5.74, 6) is 0.0671. The van der Waals surface area contributed by atoms with Gasteiger partial charge in [-0.3, -0.25) is 4.79 Å². The van der Waals surface area contributed by atoms with E-state index in [2.05, 4.69) is 5.32 Å². The second kappa shape index (κ2) is 5.55. The molecule has 4 N–H and O–H groups in total. The predicted octanol–water partition coefficient (Wildman–Crippen LogP) is 0.0207. The molecule has 18 heavy (non-hydrogen) atoms. The number of hydrogen-bond acceptors (Lipinski definition) is 4. The van der Waals surface area contributed by atoms with Gasteiger partial charge in [-0.15, -0.1) is 0 Å². The SMILES string of the molecule is NCC1(C(=O)NCC2(CCO)CC2)CCOCC1. The minimum Gasteiger partial charge on any atom is -0.396 e. The van der Waals surface area contributed by atoms with Crippen molar-refractivity contribution in [3.05, 3.63) is 0 Å². The Morgan fingerprint density at radius 1 is 1.28 bits per heavy atom. The molecule has 2 rings (SSSR count). The van der Waals surface area contributed by atoms with Crippen LogP contribution in [0.3, 0.4) is 0 Å². The van der Waals surface area contributed by atoms with Crippen LogP contribution in [0.4, 0.5) is 0 Å². The maximum Gasteiger partial charge on any atom is 0.227 e. The minimum atomic E-state index is -0.437. The summed E-state index contributed by atoms with van der Waals surface area (Å²) in [5, 5.41) is 12.0. The van der Waals surface area contributed by atoms with Crippen molar-refractivity contribution >= 4 is 5.91 Å². The standard InChI is InChI=1S/C13H24N2O3/c14-9-13(4-7-18-8-5-13)11(17)15-10-12(1-2-12)3-6-16/h16H,1-10,14H2,(H,15,17). The van der Waals surface area contributed by atoms with Gasteiger partial charge < -0.3 is 20.9 Å². The maximum atomic E-state index is 12.3. The number of ether oxygens (including phenoxy) is 1. The third-order valence-electron chi connectivity index (χ3n) is 4.55. The lowest BCUT2D eigenvalue weighted by molar-refractivity contribution is -0.136. The Kier molecular flexibility index (Phi) is 4.25. The van der Waals surface area contributed by atoms with Gasteiger partial charge in [-0.1, -0.05) is 0 Å². The first kappa shape index (κ1) is 13.8. The predicted molar refractivity (Wildman–Crippen MR) is 67.9 cm³/mol. The van der Waals surface area contributed by atoms with Gasteiger partial charge in [0.25, 0.3) is 0 Å². The molecular weight excluding hydrogens is 232 g/mol. The van der Waals surface area contributed by atoms with E-state index in [4.69, 9.17) is 15.6 Å². The summed E-state index contributed by atoms with van der Waals surface area (Å²) in [5.41, 5.74) is 5.52. The van der Waals surface area contributed by atoms with E-state index in [1.807, 2.05) is 0 Å². The van der Waals surface area contributed by atoms with Crippen LogP contribution < -0.4 is 11.1 Å². The van der Waals surface area contributed by atoms with Crippen LogP contribution in [0.5, 0.6) is 0 Å². The lowest BCUT2D eigenvalue weighted by Crippen LogP contribution is -2.50. The number of aliphatic hydroxyl groups excluding tert-OH is 1. The van der Waals surface area contributed by atoms with Crippen molar-refractivity contribution < 1.29 is 14.6 Å². The van der Waals surface area contributed by atoms with Crippen LogP contribution in [-0.4, -0.2) is 43.9 Å². The quantitative estimate of drug-likeness (QED) is 0.625. The zero-order valence-corrected chi connectivity index (χ0v) is 10.9. The molecule has 2 fully saturated rings. The summed E-state index contributed by atoms with van der Waals surface area (Å²) in [6.07, 6.45) is 4.41. The van der Waals surface area contributed by atoms with Gasteiger partial charge in [0.1, 0.15) is 0 Å². The molecule has 5 heteroatoms. The van der Waals surface area contributed by atoms with E-state index in [-0.39, 0.29) is 17.9 Å². The van der Waals surface area contributed by atoms with Gasteiger partial charge in [0.05, 0.1) is 5.41 Å². The topological polar surface area (TPSA) is 84.6 Å². The smallest absolute Gasteiger partial charge is 0.227 e. The van der Waals surface area contributed by atoms with Crippen molar-refractivity contribution in [1.29, 1.82) is 0 Å². The lowest BCUT2D eigenvalue weighted by atomic mass is 9.79. The molecule has 0 spiro atoms. The molecule has 0 aromatic carbocycles. The summed E-state index contributed by atoms with van der Waals surface area (Å²) in [7, 11) is 0. The largest absolute Gasteiger partial charge is 0.396 e. The van der Waals surface area contributed by atoms with Crippen molar-refractivity contribution in [3.63, 3.8) is 0 Å². The molecule has 1 aliphatic carbocycles. The highest BCUT2D eigenvalue weighted by Gasteiger charge is 2.44. The molecule has 5 nitrogen and oxygen atoms in total. The summed E-state index contributed by atoms with van der Waals surface area (Å²) in [4.78, 5) is 12.3. The zero-order chi connectivity index (χ0) is 13.1. The molecular formula is C13H24N2O3. The average Bonchev–Trinajstić information content (AvgIpc) is 3.17. The fraction of sp³-hybridized carbons (Fsp3) is 0.923.